The van der Waals surface area contributed by atoms with Crippen LogP contribution >= 0.6 is 0 Å². The fraction of sp³-hybridized carbons (Fsp3) is 0.360. The number of benzene rings is 1. The molecule has 0 spiro atoms. The van der Waals surface area contributed by atoms with Gasteiger partial charge in [0.15, 0.2) is 5.69 Å². The predicted molar refractivity (Wildman–Crippen MR) is 130 cm³/mol. The van der Waals surface area contributed by atoms with Crippen LogP contribution in [-0.4, -0.2) is 68.4 Å². The summed E-state index contributed by atoms with van der Waals surface area (Å²) in [6.45, 7) is 2.97. The molecule has 0 unspecified atom stereocenters. The molecule has 4 aromatic rings. The molecule has 0 atom stereocenters. The lowest BCUT2D eigenvalue weighted by molar-refractivity contribution is -0.131. The Kier molecular flexibility index (Phi) is 6.36. The number of methoxy groups -OCH3 is 1. The van der Waals surface area contributed by atoms with Gasteiger partial charge in [0.1, 0.15) is 5.75 Å². The zero-order valence-electron chi connectivity index (χ0n) is 20.4. The van der Waals surface area contributed by atoms with Gasteiger partial charge in [-0.2, -0.15) is 10.1 Å². The first-order valence-corrected chi connectivity index (χ1v) is 11.8. The maximum absolute atomic E-state index is 12.7. The van der Waals surface area contributed by atoms with Gasteiger partial charge in [0.25, 0.3) is 5.91 Å². The number of carbonyl (C=O) groups excluding carboxylic acids is 2. The molecule has 0 saturated carbocycles. The van der Waals surface area contributed by atoms with E-state index in [-0.39, 0.29) is 24.1 Å². The Morgan fingerprint density at radius 3 is 2.81 bits per heavy atom. The fourth-order valence-corrected chi connectivity index (χ4v) is 4.55. The summed E-state index contributed by atoms with van der Waals surface area (Å²) in [7, 11) is 3.38. The molecule has 36 heavy (non-hydrogen) atoms. The Hall–Kier alpha value is -4.28. The first-order valence-electron chi connectivity index (χ1n) is 11.8. The molecule has 1 saturated heterocycles. The molecule has 0 radical (unpaired) electrons. The fourth-order valence-electron chi connectivity index (χ4n) is 4.55. The van der Waals surface area contributed by atoms with Crippen molar-refractivity contribution in [1.82, 2.24) is 35.1 Å². The van der Waals surface area contributed by atoms with E-state index in [1.807, 2.05) is 36.9 Å². The number of ether oxygens (including phenoxy) is 1. The average molecular weight is 490 g/mol. The largest absolute Gasteiger partial charge is 0.494 e. The van der Waals surface area contributed by atoms with Crippen molar-refractivity contribution in [3.8, 4) is 17.1 Å². The van der Waals surface area contributed by atoms with Gasteiger partial charge in [0.2, 0.25) is 17.6 Å². The lowest BCUT2D eigenvalue weighted by Gasteiger charge is -2.30. The van der Waals surface area contributed by atoms with Gasteiger partial charge >= 0.3 is 0 Å². The van der Waals surface area contributed by atoms with Crippen LogP contribution in [0.1, 0.15) is 40.8 Å². The lowest BCUT2D eigenvalue weighted by atomic mass is 9.96. The average Bonchev–Trinajstić information content (AvgIpc) is 3.51. The van der Waals surface area contributed by atoms with Crippen LogP contribution < -0.4 is 10.1 Å². The highest BCUT2D eigenvalue weighted by atomic mass is 16.5. The van der Waals surface area contributed by atoms with Gasteiger partial charge in [-0.15, -0.1) is 0 Å². The summed E-state index contributed by atoms with van der Waals surface area (Å²) in [6.07, 6.45) is 2.91. The summed E-state index contributed by atoms with van der Waals surface area (Å²) in [4.78, 5) is 35.5. The second-order valence-corrected chi connectivity index (χ2v) is 8.79. The molecule has 11 heteroatoms. The van der Waals surface area contributed by atoms with Gasteiger partial charge in [-0.05, 0) is 38.0 Å². The molecule has 4 heterocycles. The number of likely N-dealkylation sites (tertiary alicyclic amines) is 1. The highest BCUT2D eigenvalue weighted by Crippen LogP contribution is 2.30. The number of hydrogen-bond acceptors (Lipinski definition) is 8. The van der Waals surface area contributed by atoms with E-state index in [4.69, 9.17) is 9.26 Å². The number of aromatic nitrogens is 5. The zero-order valence-corrected chi connectivity index (χ0v) is 20.4. The van der Waals surface area contributed by atoms with Crippen LogP contribution in [0, 0.1) is 6.92 Å². The normalized spacial score (nSPS) is 14.2. The topological polar surface area (TPSA) is 128 Å². The summed E-state index contributed by atoms with van der Waals surface area (Å²) in [6, 6.07) is 9.34. The minimum atomic E-state index is -0.450. The second-order valence-electron chi connectivity index (χ2n) is 8.79. The van der Waals surface area contributed by atoms with E-state index in [0.29, 0.717) is 43.4 Å². The maximum atomic E-state index is 12.7. The monoisotopic (exact) mass is 489 g/mol. The Morgan fingerprint density at radius 2 is 2.03 bits per heavy atom. The van der Waals surface area contributed by atoms with Crippen molar-refractivity contribution in [3.05, 3.63) is 53.8 Å². The lowest BCUT2D eigenvalue weighted by Crippen LogP contribution is -2.44. The van der Waals surface area contributed by atoms with E-state index in [1.165, 1.54) is 13.3 Å². The van der Waals surface area contributed by atoms with E-state index in [1.54, 1.807) is 17.0 Å². The quantitative estimate of drug-likeness (QED) is 0.437. The maximum Gasteiger partial charge on any atom is 0.274 e. The molecule has 1 N–H and O–H groups in total. The first kappa shape index (κ1) is 23.5. The number of piperidine rings is 1. The summed E-state index contributed by atoms with van der Waals surface area (Å²) in [5, 5.41) is 12.4. The van der Waals surface area contributed by atoms with Crippen molar-refractivity contribution in [3.63, 3.8) is 0 Å². The molecule has 2 amide bonds. The third-order valence-corrected chi connectivity index (χ3v) is 6.54. The third kappa shape index (κ3) is 4.51. The number of rotatable bonds is 6. The van der Waals surface area contributed by atoms with Crippen molar-refractivity contribution in [2.24, 2.45) is 7.05 Å². The van der Waals surface area contributed by atoms with E-state index >= 15 is 0 Å². The first-order chi connectivity index (χ1) is 17.4. The summed E-state index contributed by atoms with van der Waals surface area (Å²) in [5.41, 5.74) is 3.01. The summed E-state index contributed by atoms with van der Waals surface area (Å²) < 4.78 is 12.6. The Bertz CT molecular complexity index is 1420. The van der Waals surface area contributed by atoms with Gasteiger partial charge in [-0.1, -0.05) is 17.3 Å². The molecule has 1 aliphatic heterocycles. The van der Waals surface area contributed by atoms with Crippen LogP contribution in [-0.2, 0) is 11.8 Å². The van der Waals surface area contributed by atoms with Crippen LogP contribution in [0.5, 0.6) is 5.75 Å². The molecule has 1 aromatic carbocycles. The Morgan fingerprint density at radius 1 is 1.22 bits per heavy atom. The van der Waals surface area contributed by atoms with Gasteiger partial charge in [-0.3, -0.25) is 14.3 Å². The number of carbonyl (C=O) groups is 2. The van der Waals surface area contributed by atoms with Crippen molar-refractivity contribution >= 4 is 22.7 Å². The van der Waals surface area contributed by atoms with Gasteiger partial charge in [0, 0.05) is 43.2 Å². The minimum absolute atomic E-state index is 0.0744. The Balaban J connectivity index is 1.17. The predicted octanol–water partition coefficient (Wildman–Crippen LogP) is 2.47. The highest BCUT2D eigenvalue weighted by molar-refractivity contribution is 5.97. The number of aryl methyl sites for hydroxylation is 2. The SMILES string of the molecule is COc1cccnc1C(=O)NCC(=O)N1CCC(c2nc(-c3ccc4c(C)nn(C)c4c3)no2)CC1. The Labute approximate surface area is 207 Å². The standard InChI is InChI=1S/C25H27N7O4/c1-15-18-7-6-17(13-19(18)31(2)29-15)23-28-25(36-30-23)16-8-11-32(12-9-16)21(33)14-27-24(34)22-20(35-3)5-4-10-26-22/h4-7,10,13,16H,8-9,11-12,14H2,1-3H3,(H,27,34). The van der Waals surface area contributed by atoms with Crippen LogP contribution in [0.4, 0.5) is 0 Å². The molecule has 11 nitrogen and oxygen atoms in total. The van der Waals surface area contributed by atoms with E-state index in [9.17, 15) is 9.59 Å². The van der Waals surface area contributed by atoms with Crippen LogP contribution in [0.25, 0.3) is 22.3 Å². The van der Waals surface area contributed by atoms with E-state index < -0.39 is 5.91 Å². The molecule has 1 aliphatic rings. The van der Waals surface area contributed by atoms with E-state index in [0.717, 1.165) is 22.2 Å². The number of hydrogen-bond donors (Lipinski definition) is 1. The van der Waals surface area contributed by atoms with Crippen molar-refractivity contribution in [2.45, 2.75) is 25.7 Å². The summed E-state index contributed by atoms with van der Waals surface area (Å²) in [5.74, 6) is 0.949. The summed E-state index contributed by atoms with van der Waals surface area (Å²) >= 11 is 0. The van der Waals surface area contributed by atoms with Gasteiger partial charge < -0.3 is 19.5 Å². The molecule has 186 valence electrons. The third-order valence-electron chi connectivity index (χ3n) is 6.54. The molecule has 3 aromatic heterocycles. The molecule has 5 rings (SSSR count). The molecular weight excluding hydrogens is 462 g/mol. The molecular formula is C25H27N7O4. The van der Waals surface area contributed by atoms with Crippen LogP contribution in [0.15, 0.2) is 41.1 Å². The number of amides is 2. The smallest absolute Gasteiger partial charge is 0.274 e. The number of nitrogens with one attached hydrogen (secondary N) is 1. The number of nitrogens with zero attached hydrogens (tertiary/aromatic N) is 6. The van der Waals surface area contributed by atoms with Gasteiger partial charge in [0.05, 0.1) is 24.9 Å². The minimum Gasteiger partial charge on any atom is -0.494 e. The molecule has 0 aliphatic carbocycles. The zero-order chi connectivity index (χ0) is 25.2. The highest BCUT2D eigenvalue weighted by Gasteiger charge is 2.28. The molecule has 0 bridgehead atoms. The number of fused-ring (bicyclic) bond motifs is 1. The van der Waals surface area contributed by atoms with Crippen molar-refractivity contribution in [1.29, 1.82) is 0 Å². The van der Waals surface area contributed by atoms with Crippen LogP contribution in [0.2, 0.25) is 0 Å². The molecule has 1 fully saturated rings. The van der Waals surface area contributed by atoms with E-state index in [2.05, 4.69) is 25.5 Å². The van der Waals surface area contributed by atoms with Crippen LogP contribution in [0.3, 0.4) is 0 Å². The van der Waals surface area contributed by atoms with Gasteiger partial charge in [-0.25, -0.2) is 4.98 Å². The van der Waals surface area contributed by atoms with Crippen molar-refractivity contribution < 1.29 is 18.8 Å². The second kappa shape index (κ2) is 9.76. The number of pyridine rings is 1. The van der Waals surface area contributed by atoms with Crippen molar-refractivity contribution in [2.75, 3.05) is 26.7 Å².